The Balaban J connectivity index is 1.88. The van der Waals surface area contributed by atoms with E-state index in [1.807, 2.05) is 23.5 Å². The third kappa shape index (κ3) is 3.90. The van der Waals surface area contributed by atoms with Gasteiger partial charge in [-0.05, 0) is 34.1 Å². The lowest BCUT2D eigenvalue weighted by Crippen LogP contribution is -2.33. The average molecular weight is 350 g/mol. The van der Waals surface area contributed by atoms with Gasteiger partial charge < -0.3 is 5.32 Å². The molecule has 0 aromatic heterocycles. The molecule has 1 aliphatic rings. The number of amides is 1. The van der Waals surface area contributed by atoms with Gasteiger partial charge in [0.05, 0.1) is 4.47 Å². The van der Waals surface area contributed by atoms with E-state index in [2.05, 4.69) is 21.2 Å². The number of nitrogens with one attached hydrogen (secondary N) is 1. The van der Waals surface area contributed by atoms with E-state index in [4.69, 9.17) is 0 Å². The van der Waals surface area contributed by atoms with Gasteiger partial charge in [0, 0.05) is 34.6 Å². The molecule has 1 aromatic carbocycles. The molecule has 1 atom stereocenters. The van der Waals surface area contributed by atoms with Crippen LogP contribution in [0.25, 0.3) is 0 Å². The minimum absolute atomic E-state index is 0.146. The molecule has 98 valence electrons. The van der Waals surface area contributed by atoms with Crippen LogP contribution in [0, 0.1) is 5.82 Å². The maximum atomic E-state index is 13.1. The third-order valence-electron chi connectivity index (χ3n) is 2.56. The Kier molecular flexibility index (Phi) is 5.38. The average Bonchev–Trinajstić information content (AvgIpc) is 2.40. The minimum atomic E-state index is -0.356. The molecule has 1 aliphatic heterocycles. The number of halogens is 2. The number of carbonyl (C=O) groups is 1. The summed E-state index contributed by atoms with van der Waals surface area (Å²) in [5, 5.41) is 3.38. The first kappa shape index (κ1) is 14.2. The lowest BCUT2D eigenvalue weighted by Gasteiger charge is -2.21. The highest BCUT2D eigenvalue weighted by Gasteiger charge is 2.16. The SMILES string of the molecule is O=C(NCC1CSCCS1)c1ccc(F)c(Br)c1. The Morgan fingerprint density at radius 2 is 2.33 bits per heavy atom. The fourth-order valence-corrected chi connectivity index (χ4v) is 4.59. The molecule has 1 fully saturated rings. The first-order valence-corrected chi connectivity index (χ1v) is 8.59. The molecule has 0 saturated carbocycles. The Labute approximate surface area is 123 Å². The molecular formula is C12H13BrFNOS2. The van der Waals surface area contributed by atoms with Crippen molar-refractivity contribution < 1.29 is 9.18 Å². The number of hydrogen-bond donors (Lipinski definition) is 1. The second-order valence-corrected chi connectivity index (χ2v) is 7.32. The predicted octanol–water partition coefficient (Wildman–Crippen LogP) is 3.17. The van der Waals surface area contributed by atoms with Gasteiger partial charge in [-0.2, -0.15) is 23.5 Å². The molecule has 0 radical (unpaired) electrons. The molecule has 6 heteroatoms. The van der Waals surface area contributed by atoms with Crippen LogP contribution in [0.4, 0.5) is 4.39 Å². The molecule has 1 amide bonds. The molecule has 0 spiro atoms. The topological polar surface area (TPSA) is 29.1 Å². The van der Waals surface area contributed by atoms with E-state index in [1.54, 1.807) is 0 Å². The van der Waals surface area contributed by atoms with Crippen LogP contribution in [-0.4, -0.2) is 35.0 Å². The van der Waals surface area contributed by atoms with E-state index in [1.165, 1.54) is 24.0 Å². The minimum Gasteiger partial charge on any atom is -0.351 e. The fourth-order valence-electron chi connectivity index (χ4n) is 1.60. The smallest absolute Gasteiger partial charge is 0.251 e. The molecular weight excluding hydrogens is 337 g/mol. The van der Waals surface area contributed by atoms with Gasteiger partial charge in [-0.1, -0.05) is 0 Å². The quantitative estimate of drug-likeness (QED) is 0.908. The summed E-state index contributed by atoms with van der Waals surface area (Å²) < 4.78 is 13.4. The van der Waals surface area contributed by atoms with E-state index >= 15 is 0 Å². The van der Waals surface area contributed by atoms with Crippen molar-refractivity contribution in [1.29, 1.82) is 0 Å². The van der Waals surface area contributed by atoms with E-state index in [9.17, 15) is 9.18 Å². The van der Waals surface area contributed by atoms with Crippen LogP contribution in [0.1, 0.15) is 10.4 Å². The lowest BCUT2D eigenvalue weighted by molar-refractivity contribution is 0.0954. The van der Waals surface area contributed by atoms with Crippen molar-refractivity contribution in [3.05, 3.63) is 34.1 Å². The summed E-state index contributed by atoms with van der Waals surface area (Å²) in [7, 11) is 0. The predicted molar refractivity (Wildman–Crippen MR) is 80.0 cm³/mol. The summed E-state index contributed by atoms with van der Waals surface area (Å²) in [4.78, 5) is 11.9. The van der Waals surface area contributed by atoms with Crippen LogP contribution in [-0.2, 0) is 0 Å². The normalized spacial score (nSPS) is 19.6. The molecule has 0 aliphatic carbocycles. The highest BCUT2D eigenvalue weighted by molar-refractivity contribution is 9.10. The number of hydrogen-bond acceptors (Lipinski definition) is 3. The van der Waals surface area contributed by atoms with Crippen molar-refractivity contribution >= 4 is 45.4 Å². The van der Waals surface area contributed by atoms with Crippen LogP contribution in [0.3, 0.4) is 0 Å². The fraction of sp³-hybridized carbons (Fsp3) is 0.417. The van der Waals surface area contributed by atoms with Crippen molar-refractivity contribution in [3.63, 3.8) is 0 Å². The molecule has 0 bridgehead atoms. The largest absolute Gasteiger partial charge is 0.351 e. The van der Waals surface area contributed by atoms with Gasteiger partial charge in [-0.25, -0.2) is 4.39 Å². The molecule has 2 nitrogen and oxygen atoms in total. The first-order valence-electron chi connectivity index (χ1n) is 5.59. The summed E-state index contributed by atoms with van der Waals surface area (Å²) in [6.45, 7) is 0.672. The summed E-state index contributed by atoms with van der Waals surface area (Å²) in [6.07, 6.45) is 0. The van der Waals surface area contributed by atoms with Crippen molar-refractivity contribution in [1.82, 2.24) is 5.32 Å². The first-order chi connectivity index (χ1) is 8.66. The highest BCUT2D eigenvalue weighted by atomic mass is 79.9. The Morgan fingerprint density at radius 1 is 1.50 bits per heavy atom. The van der Waals surface area contributed by atoms with E-state index in [-0.39, 0.29) is 11.7 Å². The van der Waals surface area contributed by atoms with Crippen LogP contribution in [0.5, 0.6) is 0 Å². The Hall–Kier alpha value is -0.200. The van der Waals surface area contributed by atoms with Crippen LogP contribution >= 0.6 is 39.5 Å². The van der Waals surface area contributed by atoms with E-state index in [0.717, 1.165) is 11.5 Å². The van der Waals surface area contributed by atoms with Gasteiger partial charge in [0.15, 0.2) is 0 Å². The summed E-state index contributed by atoms with van der Waals surface area (Å²) in [5.41, 5.74) is 0.483. The van der Waals surface area contributed by atoms with Gasteiger partial charge in [-0.3, -0.25) is 4.79 Å². The van der Waals surface area contributed by atoms with Gasteiger partial charge in [0.25, 0.3) is 5.91 Å². The number of carbonyl (C=O) groups excluding carboxylic acids is 1. The zero-order valence-corrected chi connectivity index (χ0v) is 12.8. The molecule has 1 unspecified atom stereocenters. The zero-order chi connectivity index (χ0) is 13.0. The number of benzene rings is 1. The van der Waals surface area contributed by atoms with Crippen molar-refractivity contribution in [2.45, 2.75) is 5.25 Å². The van der Waals surface area contributed by atoms with Gasteiger partial charge >= 0.3 is 0 Å². The van der Waals surface area contributed by atoms with Gasteiger partial charge in [0.2, 0.25) is 0 Å². The number of rotatable bonds is 3. The van der Waals surface area contributed by atoms with Crippen LogP contribution in [0.15, 0.2) is 22.7 Å². The molecule has 1 saturated heterocycles. The monoisotopic (exact) mass is 349 g/mol. The van der Waals surface area contributed by atoms with Crippen molar-refractivity contribution in [2.24, 2.45) is 0 Å². The third-order valence-corrected chi connectivity index (χ3v) is 6.01. The summed E-state index contributed by atoms with van der Waals surface area (Å²) in [5.74, 6) is 2.92. The molecule has 2 rings (SSSR count). The summed E-state index contributed by atoms with van der Waals surface area (Å²) >= 11 is 6.91. The van der Waals surface area contributed by atoms with E-state index < -0.39 is 0 Å². The molecule has 1 N–H and O–H groups in total. The molecule has 1 heterocycles. The lowest BCUT2D eigenvalue weighted by atomic mass is 10.2. The maximum Gasteiger partial charge on any atom is 0.251 e. The second kappa shape index (κ2) is 6.82. The maximum absolute atomic E-state index is 13.1. The van der Waals surface area contributed by atoms with Crippen LogP contribution in [0.2, 0.25) is 0 Å². The Morgan fingerprint density at radius 3 is 3.00 bits per heavy atom. The highest BCUT2D eigenvalue weighted by Crippen LogP contribution is 2.23. The standard InChI is InChI=1S/C12H13BrFNOS2/c13-10-5-8(1-2-11(10)14)12(16)15-6-9-7-17-3-4-18-9/h1-2,5,9H,3-4,6-7H2,(H,15,16). The molecule has 1 aromatic rings. The molecule has 18 heavy (non-hydrogen) atoms. The Bertz CT molecular complexity index is 438. The van der Waals surface area contributed by atoms with Crippen molar-refractivity contribution in [2.75, 3.05) is 23.8 Å². The van der Waals surface area contributed by atoms with E-state index in [0.29, 0.717) is 21.8 Å². The van der Waals surface area contributed by atoms with Gasteiger partial charge in [0.1, 0.15) is 5.82 Å². The van der Waals surface area contributed by atoms with Crippen LogP contribution < -0.4 is 5.32 Å². The summed E-state index contributed by atoms with van der Waals surface area (Å²) in [6, 6.07) is 4.30. The number of thioether (sulfide) groups is 2. The van der Waals surface area contributed by atoms with Crippen molar-refractivity contribution in [3.8, 4) is 0 Å². The zero-order valence-electron chi connectivity index (χ0n) is 9.62. The second-order valence-electron chi connectivity index (χ2n) is 3.91. The van der Waals surface area contributed by atoms with Gasteiger partial charge in [-0.15, -0.1) is 0 Å².